The van der Waals surface area contributed by atoms with Gasteiger partial charge in [-0.3, -0.25) is 0 Å². The van der Waals surface area contributed by atoms with Crippen LogP contribution in [0.1, 0.15) is 26.2 Å². The van der Waals surface area contributed by atoms with Crippen molar-refractivity contribution in [3.63, 3.8) is 0 Å². The number of esters is 1. The smallest absolute Gasteiger partial charge is 0.335 e. The minimum absolute atomic E-state index is 0.456. The van der Waals surface area contributed by atoms with Crippen LogP contribution in [0, 0.1) is 0 Å². The average molecular weight is 176 g/mol. The van der Waals surface area contributed by atoms with Gasteiger partial charge in [-0.05, 0) is 26.2 Å². The highest BCUT2D eigenvalue weighted by molar-refractivity contribution is 5.74. The molecular weight excluding hydrogens is 163 g/mol. The van der Waals surface area contributed by atoms with E-state index in [0.29, 0.717) is 12.8 Å². The quantitative estimate of drug-likeness (QED) is 0.633. The van der Waals surface area contributed by atoms with Gasteiger partial charge in [-0.15, -0.1) is 0 Å². The van der Waals surface area contributed by atoms with E-state index < -0.39 is 24.3 Å². The van der Waals surface area contributed by atoms with Crippen molar-refractivity contribution >= 4 is 5.97 Å². The third-order valence-corrected chi connectivity index (χ3v) is 1.98. The summed E-state index contributed by atoms with van der Waals surface area (Å²) in [6, 6.07) is 0. The molecule has 12 heavy (non-hydrogen) atoms. The lowest BCUT2D eigenvalue weighted by atomic mass is 10.3. The molecule has 0 saturated heterocycles. The molecule has 70 valence electrons. The van der Waals surface area contributed by atoms with Crippen LogP contribution in [-0.4, -0.2) is 29.5 Å². The summed E-state index contributed by atoms with van der Waals surface area (Å²) in [6.45, 7) is 1.31. The summed E-state index contributed by atoms with van der Waals surface area (Å²) in [4.78, 5) is 10.8. The highest BCUT2D eigenvalue weighted by Crippen LogP contribution is 2.24. The van der Waals surface area contributed by atoms with E-state index in [0.717, 1.165) is 6.42 Å². The molecule has 1 saturated carbocycles. The van der Waals surface area contributed by atoms with Crippen LogP contribution >= 0.6 is 0 Å². The molecule has 4 heteroatoms. The van der Waals surface area contributed by atoms with E-state index in [2.05, 4.69) is 0 Å². The molecule has 0 bridgehead atoms. The van der Waals surface area contributed by atoms with Crippen molar-refractivity contribution in [3.05, 3.63) is 0 Å². The van der Waals surface area contributed by atoms with E-state index >= 15 is 0 Å². The van der Waals surface area contributed by atoms with Crippen LogP contribution in [0.3, 0.4) is 0 Å². The summed E-state index contributed by atoms with van der Waals surface area (Å²) < 4.78 is 17.6. The van der Waals surface area contributed by atoms with Crippen molar-refractivity contribution in [3.8, 4) is 0 Å². The number of carbonyl (C=O) groups excluding carboxylic acids is 1. The molecule has 1 unspecified atom stereocenters. The molecule has 1 N–H and O–H groups in total. The summed E-state index contributed by atoms with van der Waals surface area (Å²) in [5.41, 5.74) is 0. The molecule has 0 aromatic heterocycles. The summed E-state index contributed by atoms with van der Waals surface area (Å²) >= 11 is 0. The van der Waals surface area contributed by atoms with Gasteiger partial charge in [0.25, 0.3) is 0 Å². The SMILES string of the molecule is CC(O)C(=O)O[C@@H]1CCC[C@H]1F. The Kier molecular flexibility index (Phi) is 3.03. The molecule has 1 rings (SSSR count). The molecule has 0 aromatic carbocycles. The Hall–Kier alpha value is -0.640. The average Bonchev–Trinajstić information content (AvgIpc) is 2.36. The van der Waals surface area contributed by atoms with E-state index in [1.807, 2.05) is 0 Å². The van der Waals surface area contributed by atoms with Crippen molar-refractivity contribution in [2.24, 2.45) is 0 Å². The molecule has 1 fully saturated rings. The molecule has 0 radical (unpaired) electrons. The van der Waals surface area contributed by atoms with Crippen molar-refractivity contribution < 1.29 is 19.0 Å². The van der Waals surface area contributed by atoms with Crippen LogP contribution in [0.2, 0.25) is 0 Å². The number of alkyl halides is 1. The number of rotatable bonds is 2. The van der Waals surface area contributed by atoms with Crippen LogP contribution in [0.25, 0.3) is 0 Å². The lowest BCUT2D eigenvalue weighted by Crippen LogP contribution is -2.28. The lowest BCUT2D eigenvalue weighted by molar-refractivity contribution is -0.160. The Morgan fingerprint density at radius 3 is 2.75 bits per heavy atom. The minimum Gasteiger partial charge on any atom is -0.457 e. The zero-order valence-corrected chi connectivity index (χ0v) is 7.00. The predicted molar refractivity (Wildman–Crippen MR) is 40.3 cm³/mol. The summed E-state index contributed by atoms with van der Waals surface area (Å²) in [7, 11) is 0. The maximum absolute atomic E-state index is 12.9. The van der Waals surface area contributed by atoms with Gasteiger partial charge in [-0.2, -0.15) is 0 Å². The van der Waals surface area contributed by atoms with Gasteiger partial charge in [0.15, 0.2) is 0 Å². The number of hydrogen-bond acceptors (Lipinski definition) is 3. The van der Waals surface area contributed by atoms with Gasteiger partial charge in [0, 0.05) is 0 Å². The van der Waals surface area contributed by atoms with Crippen molar-refractivity contribution in [2.45, 2.75) is 44.6 Å². The molecule has 0 aromatic rings. The van der Waals surface area contributed by atoms with Crippen LogP contribution in [0.4, 0.5) is 4.39 Å². The van der Waals surface area contributed by atoms with Gasteiger partial charge in [-0.1, -0.05) is 0 Å². The van der Waals surface area contributed by atoms with E-state index in [1.165, 1.54) is 6.92 Å². The predicted octanol–water partition coefficient (Wildman–Crippen LogP) is 0.801. The normalized spacial score (nSPS) is 31.6. The van der Waals surface area contributed by atoms with Gasteiger partial charge in [-0.25, -0.2) is 9.18 Å². The Bertz CT molecular complexity index is 170. The van der Waals surface area contributed by atoms with Crippen molar-refractivity contribution in [1.29, 1.82) is 0 Å². The van der Waals surface area contributed by atoms with Crippen molar-refractivity contribution in [1.82, 2.24) is 0 Å². The number of ether oxygens (including phenoxy) is 1. The minimum atomic E-state index is -1.15. The largest absolute Gasteiger partial charge is 0.457 e. The first kappa shape index (κ1) is 9.45. The summed E-state index contributed by atoms with van der Waals surface area (Å²) in [6.07, 6.45) is -1.06. The molecule has 3 atom stereocenters. The standard InChI is InChI=1S/C8H13FO3/c1-5(10)8(11)12-7-4-2-3-6(7)9/h5-7,10H,2-4H2,1H3/t5?,6-,7-/m1/s1. The Balaban J connectivity index is 2.35. The topological polar surface area (TPSA) is 46.5 Å². The van der Waals surface area contributed by atoms with Gasteiger partial charge >= 0.3 is 5.97 Å². The van der Waals surface area contributed by atoms with E-state index in [4.69, 9.17) is 9.84 Å². The van der Waals surface area contributed by atoms with E-state index in [-0.39, 0.29) is 0 Å². The maximum Gasteiger partial charge on any atom is 0.335 e. The third-order valence-electron chi connectivity index (χ3n) is 1.98. The van der Waals surface area contributed by atoms with Gasteiger partial charge in [0.05, 0.1) is 0 Å². The fraction of sp³-hybridized carbons (Fsp3) is 0.875. The van der Waals surface area contributed by atoms with Gasteiger partial charge < -0.3 is 9.84 Å². The second kappa shape index (κ2) is 3.85. The number of carbonyl (C=O) groups is 1. The fourth-order valence-electron chi connectivity index (χ4n) is 1.26. The molecular formula is C8H13FO3. The molecule has 0 aliphatic heterocycles. The van der Waals surface area contributed by atoms with E-state index in [1.54, 1.807) is 0 Å². The number of aliphatic hydroxyl groups excluding tert-OH is 1. The molecule has 1 aliphatic rings. The maximum atomic E-state index is 12.9. The van der Waals surface area contributed by atoms with Gasteiger partial charge in [0.2, 0.25) is 0 Å². The van der Waals surface area contributed by atoms with E-state index in [9.17, 15) is 9.18 Å². The zero-order chi connectivity index (χ0) is 9.14. The Morgan fingerprint density at radius 2 is 2.33 bits per heavy atom. The molecule has 1 aliphatic carbocycles. The molecule has 3 nitrogen and oxygen atoms in total. The van der Waals surface area contributed by atoms with Crippen LogP contribution < -0.4 is 0 Å². The molecule has 0 spiro atoms. The second-order valence-electron chi connectivity index (χ2n) is 3.10. The number of aliphatic hydroxyl groups is 1. The number of halogens is 1. The highest BCUT2D eigenvalue weighted by Gasteiger charge is 2.31. The second-order valence-corrected chi connectivity index (χ2v) is 3.10. The highest BCUT2D eigenvalue weighted by atomic mass is 19.1. The summed E-state index contributed by atoms with van der Waals surface area (Å²) in [5.74, 6) is -0.732. The van der Waals surface area contributed by atoms with Crippen LogP contribution in [0.5, 0.6) is 0 Å². The summed E-state index contributed by atoms with van der Waals surface area (Å²) in [5, 5.41) is 8.77. The Labute approximate surface area is 70.5 Å². The molecule has 0 heterocycles. The zero-order valence-electron chi connectivity index (χ0n) is 7.00. The Morgan fingerprint density at radius 1 is 1.67 bits per heavy atom. The first-order chi connectivity index (χ1) is 5.61. The lowest BCUT2D eigenvalue weighted by Gasteiger charge is -2.14. The van der Waals surface area contributed by atoms with Crippen molar-refractivity contribution in [2.75, 3.05) is 0 Å². The molecule has 0 amide bonds. The third kappa shape index (κ3) is 2.17. The van der Waals surface area contributed by atoms with Gasteiger partial charge in [0.1, 0.15) is 18.4 Å². The van der Waals surface area contributed by atoms with Crippen LogP contribution in [0.15, 0.2) is 0 Å². The monoisotopic (exact) mass is 176 g/mol. The fourth-order valence-corrected chi connectivity index (χ4v) is 1.26. The first-order valence-corrected chi connectivity index (χ1v) is 4.14. The first-order valence-electron chi connectivity index (χ1n) is 4.14. The van der Waals surface area contributed by atoms with Crippen LogP contribution in [-0.2, 0) is 9.53 Å². The number of hydrogen-bond donors (Lipinski definition) is 1.